The van der Waals surface area contributed by atoms with Crippen molar-refractivity contribution in [3.05, 3.63) is 53.3 Å². The van der Waals surface area contributed by atoms with E-state index in [9.17, 15) is 5.11 Å². The van der Waals surface area contributed by atoms with E-state index in [1.165, 1.54) is 0 Å². The third-order valence-corrected chi connectivity index (χ3v) is 2.38. The Kier molecular flexibility index (Phi) is 4.65. The van der Waals surface area contributed by atoms with E-state index in [-0.39, 0.29) is 5.75 Å². The molecule has 0 fully saturated rings. The van der Waals surface area contributed by atoms with Crippen LogP contribution in [0.5, 0.6) is 5.75 Å². The molecule has 2 N–H and O–H groups in total. The summed E-state index contributed by atoms with van der Waals surface area (Å²) in [5.41, 5.74) is 2.00. The smallest absolute Gasteiger partial charge is 0.115 e. The lowest BCUT2D eigenvalue weighted by Crippen LogP contribution is -1.86. The number of allylic oxidation sites excluding steroid dienone is 3. The van der Waals surface area contributed by atoms with Gasteiger partial charge in [0.15, 0.2) is 0 Å². The van der Waals surface area contributed by atoms with Crippen molar-refractivity contribution in [2.45, 2.75) is 26.7 Å². The van der Waals surface area contributed by atoms with Gasteiger partial charge in [0.1, 0.15) is 11.5 Å². The van der Waals surface area contributed by atoms with Crippen LogP contribution in [0.3, 0.4) is 0 Å². The minimum atomic E-state index is 0.276. The number of hydrogen-bond acceptors (Lipinski definition) is 2. The van der Waals surface area contributed by atoms with Crippen LogP contribution in [0, 0.1) is 0 Å². The highest BCUT2D eigenvalue weighted by atomic mass is 16.3. The summed E-state index contributed by atoms with van der Waals surface area (Å²) in [5.74, 6) is 0.624. The first kappa shape index (κ1) is 12.4. The van der Waals surface area contributed by atoms with Crippen molar-refractivity contribution in [2.75, 3.05) is 0 Å². The zero-order chi connectivity index (χ0) is 12.0. The van der Waals surface area contributed by atoms with Gasteiger partial charge in [0.25, 0.3) is 0 Å². The molecule has 2 nitrogen and oxygen atoms in total. The molecule has 0 heterocycles. The molecule has 0 aliphatic rings. The molecule has 0 amide bonds. The standard InChI is InChI=1S/C14H18O2/c1-3-4-14(16)11(2)5-6-12-7-9-13(15)10-8-12/h4-5,7-10,15-16H,3,6H2,1-2H3/b11-5-,14-4+. The van der Waals surface area contributed by atoms with Gasteiger partial charge in [0.2, 0.25) is 0 Å². The first-order valence-corrected chi connectivity index (χ1v) is 5.47. The van der Waals surface area contributed by atoms with Crippen LogP contribution in [0.2, 0.25) is 0 Å². The van der Waals surface area contributed by atoms with Gasteiger partial charge in [-0.15, -0.1) is 0 Å². The molecule has 0 saturated heterocycles. The highest BCUT2D eigenvalue weighted by molar-refractivity contribution is 5.29. The fourth-order valence-corrected chi connectivity index (χ4v) is 1.36. The van der Waals surface area contributed by atoms with Gasteiger partial charge >= 0.3 is 0 Å². The maximum atomic E-state index is 9.59. The molecule has 0 spiro atoms. The number of phenols is 1. The van der Waals surface area contributed by atoms with Crippen molar-refractivity contribution < 1.29 is 10.2 Å². The van der Waals surface area contributed by atoms with Crippen LogP contribution in [-0.4, -0.2) is 10.2 Å². The molecule has 2 heteroatoms. The first-order chi connectivity index (χ1) is 7.63. The van der Waals surface area contributed by atoms with E-state index in [0.29, 0.717) is 5.76 Å². The SMILES string of the molecule is CC/C=C(O)\C(C)=C/Cc1ccc(O)cc1. The van der Waals surface area contributed by atoms with Gasteiger partial charge in [-0.2, -0.15) is 0 Å². The van der Waals surface area contributed by atoms with Crippen LogP contribution in [0.4, 0.5) is 0 Å². The maximum Gasteiger partial charge on any atom is 0.115 e. The Labute approximate surface area is 96.6 Å². The van der Waals surface area contributed by atoms with Gasteiger partial charge in [0, 0.05) is 0 Å². The normalized spacial score (nSPS) is 12.9. The zero-order valence-corrected chi connectivity index (χ0v) is 9.77. The Balaban J connectivity index is 2.65. The summed E-state index contributed by atoms with van der Waals surface area (Å²) in [7, 11) is 0. The second kappa shape index (κ2) is 6.01. The summed E-state index contributed by atoms with van der Waals surface area (Å²) in [4.78, 5) is 0. The molecule has 1 aromatic carbocycles. The first-order valence-electron chi connectivity index (χ1n) is 5.47. The molecule has 0 bridgehead atoms. The van der Waals surface area contributed by atoms with Crippen molar-refractivity contribution in [3.63, 3.8) is 0 Å². The minimum Gasteiger partial charge on any atom is -0.508 e. The van der Waals surface area contributed by atoms with Crippen molar-refractivity contribution in [1.82, 2.24) is 0 Å². The van der Waals surface area contributed by atoms with Crippen molar-refractivity contribution in [3.8, 4) is 5.75 Å². The summed E-state index contributed by atoms with van der Waals surface area (Å²) in [6.45, 7) is 3.88. The van der Waals surface area contributed by atoms with Crippen LogP contribution in [0.15, 0.2) is 47.7 Å². The number of phenolic OH excluding ortho intramolecular Hbond substituents is 1. The largest absolute Gasteiger partial charge is 0.508 e. The van der Waals surface area contributed by atoms with Crippen molar-refractivity contribution in [2.24, 2.45) is 0 Å². The molecular weight excluding hydrogens is 200 g/mol. The number of benzene rings is 1. The van der Waals surface area contributed by atoms with Crippen molar-refractivity contribution >= 4 is 0 Å². The highest BCUT2D eigenvalue weighted by Crippen LogP contribution is 2.13. The lowest BCUT2D eigenvalue weighted by molar-refractivity contribution is 0.420. The average molecular weight is 218 g/mol. The highest BCUT2D eigenvalue weighted by Gasteiger charge is 1.96. The lowest BCUT2D eigenvalue weighted by atomic mass is 10.1. The summed E-state index contributed by atoms with van der Waals surface area (Å²) >= 11 is 0. The maximum absolute atomic E-state index is 9.59. The summed E-state index contributed by atoms with van der Waals surface area (Å²) in [6, 6.07) is 7.08. The van der Waals surface area contributed by atoms with E-state index in [2.05, 4.69) is 0 Å². The average Bonchev–Trinajstić information content (AvgIpc) is 2.28. The molecule has 1 rings (SSSR count). The Bertz CT molecular complexity index is 386. The molecule has 86 valence electrons. The van der Waals surface area contributed by atoms with E-state index in [0.717, 1.165) is 24.0 Å². The molecule has 0 unspecified atom stereocenters. The predicted octanol–water partition coefficient (Wildman–Crippen LogP) is 3.73. The Morgan fingerprint density at radius 3 is 2.38 bits per heavy atom. The Hall–Kier alpha value is -1.70. The summed E-state index contributed by atoms with van der Waals surface area (Å²) in [5, 5.41) is 18.7. The molecule has 1 aromatic rings. The van der Waals surface area contributed by atoms with Gasteiger partial charge in [0.05, 0.1) is 0 Å². The fourth-order valence-electron chi connectivity index (χ4n) is 1.36. The van der Waals surface area contributed by atoms with E-state index in [4.69, 9.17) is 5.11 Å². The molecular formula is C14H18O2. The van der Waals surface area contributed by atoms with E-state index < -0.39 is 0 Å². The number of rotatable bonds is 4. The molecule has 0 aliphatic heterocycles. The lowest BCUT2D eigenvalue weighted by Gasteiger charge is -2.01. The molecule has 0 aliphatic carbocycles. The third-order valence-electron chi connectivity index (χ3n) is 2.38. The summed E-state index contributed by atoms with van der Waals surface area (Å²) < 4.78 is 0. The second-order valence-electron chi connectivity index (χ2n) is 3.76. The zero-order valence-electron chi connectivity index (χ0n) is 9.77. The Morgan fingerprint density at radius 2 is 1.81 bits per heavy atom. The van der Waals surface area contributed by atoms with E-state index in [1.54, 1.807) is 18.2 Å². The topological polar surface area (TPSA) is 40.5 Å². The minimum absolute atomic E-state index is 0.276. The Morgan fingerprint density at radius 1 is 1.19 bits per heavy atom. The molecule has 16 heavy (non-hydrogen) atoms. The summed E-state index contributed by atoms with van der Waals surface area (Å²) in [6.07, 6.45) is 5.36. The molecule has 0 atom stereocenters. The fraction of sp³-hybridized carbons (Fsp3) is 0.286. The number of aliphatic hydroxyl groups is 1. The van der Waals surface area contributed by atoms with Gasteiger partial charge in [-0.1, -0.05) is 25.1 Å². The molecule has 0 radical (unpaired) electrons. The number of aromatic hydroxyl groups is 1. The predicted molar refractivity (Wildman–Crippen MR) is 66.6 cm³/mol. The van der Waals surface area contributed by atoms with Crippen LogP contribution in [-0.2, 0) is 6.42 Å². The van der Waals surface area contributed by atoms with Crippen LogP contribution < -0.4 is 0 Å². The third kappa shape index (κ3) is 3.81. The molecule has 0 aromatic heterocycles. The van der Waals surface area contributed by atoms with Gasteiger partial charge in [-0.25, -0.2) is 0 Å². The quantitative estimate of drug-likeness (QED) is 0.597. The van der Waals surface area contributed by atoms with Crippen LogP contribution in [0.25, 0.3) is 0 Å². The monoisotopic (exact) mass is 218 g/mol. The van der Waals surface area contributed by atoms with E-state index in [1.807, 2.05) is 32.1 Å². The van der Waals surface area contributed by atoms with Crippen LogP contribution in [0.1, 0.15) is 25.8 Å². The van der Waals surface area contributed by atoms with Crippen LogP contribution >= 0.6 is 0 Å². The second-order valence-corrected chi connectivity index (χ2v) is 3.76. The van der Waals surface area contributed by atoms with Gasteiger partial charge < -0.3 is 10.2 Å². The van der Waals surface area contributed by atoms with E-state index >= 15 is 0 Å². The van der Waals surface area contributed by atoms with Crippen molar-refractivity contribution in [1.29, 1.82) is 0 Å². The molecule has 0 saturated carbocycles. The number of hydrogen-bond donors (Lipinski definition) is 2. The van der Waals surface area contributed by atoms with Gasteiger partial charge in [-0.05, 0) is 49.1 Å². The number of aliphatic hydroxyl groups excluding tert-OH is 1. The van der Waals surface area contributed by atoms with Gasteiger partial charge in [-0.3, -0.25) is 0 Å².